The Morgan fingerprint density at radius 2 is 1.33 bits per heavy atom. The van der Waals surface area contributed by atoms with Crippen LogP contribution in [0.1, 0.15) is 18.1 Å². The molecule has 0 fully saturated rings. The minimum absolute atomic E-state index is 0.0788. The highest BCUT2D eigenvalue weighted by Crippen LogP contribution is 2.23. The average Bonchev–Trinajstić information content (AvgIpc) is 3.23. The molecule has 2 aromatic heterocycles. The lowest BCUT2D eigenvalue weighted by atomic mass is 10.1. The molecule has 0 aliphatic heterocycles. The van der Waals surface area contributed by atoms with Crippen molar-refractivity contribution in [2.45, 2.75) is 20.0 Å². The Kier molecular flexibility index (Phi) is 3.58. The fourth-order valence-electron chi connectivity index (χ4n) is 3.27. The molecule has 0 aliphatic carbocycles. The van der Waals surface area contributed by atoms with Crippen molar-refractivity contribution in [3.8, 4) is 0 Å². The number of benzene rings is 2. The van der Waals surface area contributed by atoms with Crippen LogP contribution in [0, 0.1) is 0 Å². The number of nitrogens with one attached hydrogen (secondary N) is 2. The molecule has 4 heteroatoms. The Morgan fingerprint density at radius 3 is 1.79 bits per heavy atom. The number of H-pyrrole nitrogens is 2. The van der Waals surface area contributed by atoms with Gasteiger partial charge in [0.25, 0.3) is 0 Å². The number of hydrogen-bond donors (Lipinski definition) is 2. The summed E-state index contributed by atoms with van der Waals surface area (Å²) in [6.07, 6.45) is 3.87. The minimum Gasteiger partial charge on any atom is -0.361 e. The first-order valence-electron chi connectivity index (χ1n) is 8.08. The van der Waals surface area contributed by atoms with Crippen molar-refractivity contribution in [1.29, 1.82) is 0 Å². The fourth-order valence-corrected chi connectivity index (χ4v) is 3.27. The predicted octanol–water partition coefficient (Wildman–Crippen LogP) is 4.20. The number of rotatable bonds is 4. The normalized spacial score (nSPS) is 11.2. The lowest BCUT2D eigenvalue weighted by Crippen LogP contribution is -2.27. The zero-order valence-electron chi connectivity index (χ0n) is 13.5. The van der Waals surface area contributed by atoms with Gasteiger partial charge in [-0.3, -0.25) is 4.79 Å². The van der Waals surface area contributed by atoms with Gasteiger partial charge in [0.15, 0.2) is 0 Å². The Bertz CT molecular complexity index is 936. The quantitative estimate of drug-likeness (QED) is 0.582. The second-order valence-corrected chi connectivity index (χ2v) is 6.09. The molecular formula is C20H19N3O. The molecule has 0 atom stereocenters. The Hall–Kier alpha value is -3.01. The highest BCUT2D eigenvalue weighted by atomic mass is 16.2. The third kappa shape index (κ3) is 2.56. The second kappa shape index (κ2) is 5.89. The van der Waals surface area contributed by atoms with Crippen LogP contribution in [0.15, 0.2) is 60.9 Å². The maximum Gasteiger partial charge on any atom is 0.220 e. The molecule has 0 saturated carbocycles. The van der Waals surface area contributed by atoms with Gasteiger partial charge in [0, 0.05) is 54.2 Å². The van der Waals surface area contributed by atoms with Crippen LogP contribution in [-0.4, -0.2) is 20.8 Å². The average molecular weight is 317 g/mol. The molecule has 4 rings (SSSR count). The first-order chi connectivity index (χ1) is 11.7. The Morgan fingerprint density at radius 1 is 0.833 bits per heavy atom. The highest BCUT2D eigenvalue weighted by Gasteiger charge is 2.14. The summed E-state index contributed by atoms with van der Waals surface area (Å²) in [4.78, 5) is 20.6. The van der Waals surface area contributed by atoms with Crippen molar-refractivity contribution in [2.24, 2.45) is 0 Å². The van der Waals surface area contributed by atoms with Gasteiger partial charge >= 0.3 is 0 Å². The lowest BCUT2D eigenvalue weighted by molar-refractivity contribution is -0.130. The topological polar surface area (TPSA) is 51.9 Å². The Balaban J connectivity index is 1.67. The van der Waals surface area contributed by atoms with Crippen LogP contribution in [0.5, 0.6) is 0 Å². The van der Waals surface area contributed by atoms with Gasteiger partial charge < -0.3 is 14.9 Å². The van der Waals surface area contributed by atoms with E-state index in [1.165, 1.54) is 10.8 Å². The number of carbonyl (C=O) groups is 1. The molecular weight excluding hydrogens is 298 g/mol. The van der Waals surface area contributed by atoms with Gasteiger partial charge in [0.2, 0.25) is 5.91 Å². The maximum atomic E-state index is 12.2. The van der Waals surface area contributed by atoms with Crippen molar-refractivity contribution in [3.05, 3.63) is 72.1 Å². The molecule has 0 radical (unpaired) electrons. The summed E-state index contributed by atoms with van der Waals surface area (Å²) >= 11 is 0. The SMILES string of the molecule is CC(=O)N(Cc1cccc2[nH]ccc12)Cc1cccc2[nH]ccc12. The van der Waals surface area contributed by atoms with Gasteiger partial charge in [0.1, 0.15) is 0 Å². The maximum absolute atomic E-state index is 12.2. The molecule has 0 aliphatic rings. The second-order valence-electron chi connectivity index (χ2n) is 6.09. The molecule has 2 N–H and O–H groups in total. The molecule has 0 unspecified atom stereocenters. The molecule has 4 aromatic rings. The van der Waals surface area contributed by atoms with E-state index in [9.17, 15) is 4.79 Å². The highest BCUT2D eigenvalue weighted by molar-refractivity contribution is 5.85. The smallest absolute Gasteiger partial charge is 0.220 e. The summed E-state index contributed by atoms with van der Waals surface area (Å²) in [6, 6.07) is 16.5. The zero-order chi connectivity index (χ0) is 16.5. The Labute approximate surface area is 140 Å². The molecule has 2 heterocycles. The van der Waals surface area contributed by atoms with Crippen LogP contribution in [0.3, 0.4) is 0 Å². The van der Waals surface area contributed by atoms with Gasteiger partial charge in [-0.25, -0.2) is 0 Å². The lowest BCUT2D eigenvalue weighted by Gasteiger charge is -2.22. The van der Waals surface area contributed by atoms with E-state index in [1.807, 2.05) is 29.4 Å². The van der Waals surface area contributed by atoms with Crippen molar-refractivity contribution in [3.63, 3.8) is 0 Å². The number of hydrogen-bond acceptors (Lipinski definition) is 1. The summed E-state index contributed by atoms with van der Waals surface area (Å²) in [7, 11) is 0. The van der Waals surface area contributed by atoms with E-state index in [0.29, 0.717) is 13.1 Å². The van der Waals surface area contributed by atoms with Crippen molar-refractivity contribution < 1.29 is 4.79 Å². The van der Waals surface area contributed by atoms with Gasteiger partial charge in [-0.2, -0.15) is 0 Å². The van der Waals surface area contributed by atoms with E-state index in [-0.39, 0.29) is 5.91 Å². The number of carbonyl (C=O) groups excluding carboxylic acids is 1. The standard InChI is InChI=1S/C20H19N3O/c1-14(24)23(12-15-4-2-6-19-17(15)8-10-21-19)13-16-5-3-7-20-18(16)9-11-22-20/h2-11,21-22H,12-13H2,1H3. The monoisotopic (exact) mass is 317 g/mol. The molecule has 0 saturated heterocycles. The summed E-state index contributed by atoms with van der Waals surface area (Å²) in [5.74, 6) is 0.0788. The van der Waals surface area contributed by atoms with Crippen LogP contribution in [0.4, 0.5) is 0 Å². The molecule has 1 amide bonds. The molecule has 24 heavy (non-hydrogen) atoms. The van der Waals surface area contributed by atoms with Crippen LogP contribution in [-0.2, 0) is 17.9 Å². The van der Waals surface area contributed by atoms with Crippen molar-refractivity contribution in [1.82, 2.24) is 14.9 Å². The van der Waals surface area contributed by atoms with Crippen LogP contribution in [0.25, 0.3) is 21.8 Å². The first-order valence-corrected chi connectivity index (χ1v) is 8.08. The first kappa shape index (κ1) is 14.6. The van der Waals surface area contributed by atoms with Crippen LogP contribution in [0.2, 0.25) is 0 Å². The van der Waals surface area contributed by atoms with Crippen LogP contribution >= 0.6 is 0 Å². The van der Waals surface area contributed by atoms with Gasteiger partial charge in [-0.1, -0.05) is 24.3 Å². The molecule has 4 nitrogen and oxygen atoms in total. The number of amides is 1. The van der Waals surface area contributed by atoms with Gasteiger partial charge in [0.05, 0.1) is 0 Å². The van der Waals surface area contributed by atoms with Crippen LogP contribution < -0.4 is 0 Å². The van der Waals surface area contributed by atoms with E-state index in [4.69, 9.17) is 0 Å². The van der Waals surface area contributed by atoms with Gasteiger partial charge in [-0.15, -0.1) is 0 Å². The largest absolute Gasteiger partial charge is 0.361 e. The number of aromatic amines is 2. The van der Waals surface area contributed by atoms with E-state index in [0.717, 1.165) is 22.2 Å². The van der Waals surface area contributed by atoms with Crippen molar-refractivity contribution >= 4 is 27.7 Å². The van der Waals surface area contributed by atoms with E-state index in [1.54, 1.807) is 6.92 Å². The third-order valence-electron chi connectivity index (χ3n) is 4.54. The number of nitrogens with zero attached hydrogens (tertiary/aromatic N) is 1. The fraction of sp³-hybridized carbons (Fsp3) is 0.150. The number of aromatic nitrogens is 2. The van der Waals surface area contributed by atoms with E-state index < -0.39 is 0 Å². The zero-order valence-corrected chi connectivity index (χ0v) is 13.5. The van der Waals surface area contributed by atoms with E-state index >= 15 is 0 Å². The predicted molar refractivity (Wildman–Crippen MR) is 96.5 cm³/mol. The van der Waals surface area contributed by atoms with Crippen molar-refractivity contribution in [2.75, 3.05) is 0 Å². The molecule has 2 aromatic carbocycles. The summed E-state index contributed by atoms with van der Waals surface area (Å²) in [5.41, 5.74) is 4.52. The molecule has 0 bridgehead atoms. The van der Waals surface area contributed by atoms with E-state index in [2.05, 4.69) is 46.4 Å². The number of fused-ring (bicyclic) bond motifs is 2. The summed E-state index contributed by atoms with van der Waals surface area (Å²) < 4.78 is 0. The molecule has 120 valence electrons. The third-order valence-corrected chi connectivity index (χ3v) is 4.54. The summed E-state index contributed by atoms with van der Waals surface area (Å²) in [6.45, 7) is 2.84. The van der Waals surface area contributed by atoms with Gasteiger partial charge in [-0.05, 0) is 35.4 Å². The minimum atomic E-state index is 0.0788. The molecule has 0 spiro atoms. The summed E-state index contributed by atoms with van der Waals surface area (Å²) in [5, 5.41) is 2.34.